The van der Waals surface area contributed by atoms with E-state index in [0.717, 1.165) is 37.9 Å². The first-order valence-electron chi connectivity index (χ1n) is 7.12. The number of carbonyl (C=O) groups excluding carboxylic acids is 1. The van der Waals surface area contributed by atoms with E-state index < -0.39 is 0 Å². The number of hydrogen-bond donors (Lipinski definition) is 2. The highest BCUT2D eigenvalue weighted by Gasteiger charge is 2.64. The van der Waals surface area contributed by atoms with Gasteiger partial charge in [-0.1, -0.05) is 11.6 Å². The van der Waals surface area contributed by atoms with Gasteiger partial charge in [-0.15, -0.1) is 0 Å². The second kappa shape index (κ2) is 3.82. The molecule has 0 aliphatic heterocycles. The maximum Gasteiger partial charge on any atom is 0.229 e. The van der Waals surface area contributed by atoms with E-state index in [0.29, 0.717) is 11.7 Å². The number of carbonyl (C=O) groups is 1. The molecular formula is C14H18N2O3. The van der Waals surface area contributed by atoms with Gasteiger partial charge < -0.3 is 14.9 Å². The topological polar surface area (TPSA) is 75.4 Å². The van der Waals surface area contributed by atoms with Crippen LogP contribution in [0.5, 0.6) is 0 Å². The maximum atomic E-state index is 12.1. The van der Waals surface area contributed by atoms with Crippen LogP contribution in [0.3, 0.4) is 0 Å². The molecule has 1 atom stereocenters. The van der Waals surface area contributed by atoms with Crippen molar-refractivity contribution in [2.24, 2.45) is 11.3 Å². The zero-order valence-electron chi connectivity index (χ0n) is 10.8. The number of nitrogens with one attached hydrogen (secondary N) is 1. The average molecular weight is 262 g/mol. The summed E-state index contributed by atoms with van der Waals surface area (Å²) in [6.07, 6.45) is 5.82. The van der Waals surface area contributed by atoms with Crippen molar-refractivity contribution in [3.8, 4) is 0 Å². The summed E-state index contributed by atoms with van der Waals surface area (Å²) < 4.78 is 5.27. The van der Waals surface area contributed by atoms with E-state index in [-0.39, 0.29) is 23.3 Å². The van der Waals surface area contributed by atoms with E-state index in [2.05, 4.69) is 10.5 Å². The zero-order valence-corrected chi connectivity index (χ0v) is 10.8. The van der Waals surface area contributed by atoms with E-state index in [1.165, 1.54) is 6.42 Å². The molecule has 3 saturated carbocycles. The Morgan fingerprint density at radius 2 is 2.21 bits per heavy atom. The first-order valence-corrected chi connectivity index (χ1v) is 7.12. The fraction of sp³-hybridized carbons (Fsp3) is 0.714. The molecule has 19 heavy (non-hydrogen) atoms. The summed E-state index contributed by atoms with van der Waals surface area (Å²) in [6.45, 7) is 0. The van der Waals surface area contributed by atoms with Crippen LogP contribution in [-0.2, 0) is 4.79 Å². The molecule has 3 aliphatic carbocycles. The van der Waals surface area contributed by atoms with Crippen molar-refractivity contribution >= 4 is 11.7 Å². The SMILES string of the molecule is O=C(Nc1cc(C2CCC2)on1)C1CC12CC(O)C2. The molecule has 1 amide bonds. The van der Waals surface area contributed by atoms with E-state index >= 15 is 0 Å². The fourth-order valence-corrected chi connectivity index (χ4v) is 3.50. The number of hydrogen-bond acceptors (Lipinski definition) is 4. The molecule has 0 aromatic carbocycles. The summed E-state index contributed by atoms with van der Waals surface area (Å²) in [5.74, 6) is 2.01. The van der Waals surface area contributed by atoms with Gasteiger partial charge in [-0.25, -0.2) is 0 Å². The highest BCUT2D eigenvalue weighted by molar-refractivity contribution is 5.94. The predicted molar refractivity (Wildman–Crippen MR) is 67.5 cm³/mol. The van der Waals surface area contributed by atoms with Crippen molar-refractivity contribution < 1.29 is 14.4 Å². The van der Waals surface area contributed by atoms with Crippen LogP contribution in [-0.4, -0.2) is 22.3 Å². The quantitative estimate of drug-likeness (QED) is 0.874. The predicted octanol–water partition coefficient (Wildman–Crippen LogP) is 2.04. The lowest BCUT2D eigenvalue weighted by Gasteiger charge is -2.32. The Balaban J connectivity index is 1.36. The Labute approximate surface area is 111 Å². The zero-order chi connectivity index (χ0) is 13.0. The molecule has 2 N–H and O–H groups in total. The van der Waals surface area contributed by atoms with Gasteiger partial charge in [0.25, 0.3) is 0 Å². The summed E-state index contributed by atoms with van der Waals surface area (Å²) in [6, 6.07) is 1.85. The van der Waals surface area contributed by atoms with Crippen molar-refractivity contribution in [3.63, 3.8) is 0 Å². The van der Waals surface area contributed by atoms with Crippen LogP contribution in [0.4, 0.5) is 5.82 Å². The smallest absolute Gasteiger partial charge is 0.229 e. The van der Waals surface area contributed by atoms with Gasteiger partial charge in [0.2, 0.25) is 5.91 Å². The molecule has 1 unspecified atom stereocenters. The van der Waals surface area contributed by atoms with Gasteiger partial charge in [-0.05, 0) is 37.5 Å². The summed E-state index contributed by atoms with van der Waals surface area (Å²) in [4.78, 5) is 12.1. The third kappa shape index (κ3) is 1.79. The van der Waals surface area contributed by atoms with E-state index in [9.17, 15) is 9.90 Å². The Morgan fingerprint density at radius 3 is 2.84 bits per heavy atom. The summed E-state index contributed by atoms with van der Waals surface area (Å²) in [5, 5.41) is 16.1. The van der Waals surface area contributed by atoms with Crippen LogP contribution in [0.25, 0.3) is 0 Å². The Hall–Kier alpha value is -1.36. The van der Waals surface area contributed by atoms with Gasteiger partial charge >= 0.3 is 0 Å². The minimum atomic E-state index is -0.199. The summed E-state index contributed by atoms with van der Waals surface area (Å²) in [7, 11) is 0. The maximum absolute atomic E-state index is 12.1. The number of aliphatic hydroxyl groups is 1. The number of amides is 1. The van der Waals surface area contributed by atoms with Gasteiger partial charge in [-0.3, -0.25) is 4.79 Å². The summed E-state index contributed by atoms with van der Waals surface area (Å²) in [5.41, 5.74) is 0.101. The molecule has 0 saturated heterocycles. The fourth-order valence-electron chi connectivity index (χ4n) is 3.50. The van der Waals surface area contributed by atoms with Crippen LogP contribution in [0.2, 0.25) is 0 Å². The third-order valence-corrected chi connectivity index (χ3v) is 5.08. The largest absolute Gasteiger partial charge is 0.393 e. The Bertz CT molecular complexity index is 515. The van der Waals surface area contributed by atoms with Crippen LogP contribution >= 0.6 is 0 Å². The molecule has 3 aliphatic rings. The van der Waals surface area contributed by atoms with Gasteiger partial charge in [0, 0.05) is 17.9 Å². The van der Waals surface area contributed by atoms with Crippen LogP contribution in [0.1, 0.15) is 50.2 Å². The average Bonchev–Trinajstić information content (AvgIpc) is 2.83. The van der Waals surface area contributed by atoms with Gasteiger partial charge in [0.05, 0.1) is 6.10 Å². The van der Waals surface area contributed by atoms with E-state index in [4.69, 9.17) is 4.52 Å². The standard InChI is InChI=1S/C14H18N2O3/c17-9-5-14(6-9)7-10(14)13(18)15-12-4-11(19-16-12)8-2-1-3-8/h4,8-10,17H,1-3,5-7H2,(H,15,16,18). The van der Waals surface area contributed by atoms with Crippen molar-refractivity contribution in [2.45, 2.75) is 50.5 Å². The lowest BCUT2D eigenvalue weighted by Crippen LogP contribution is -2.34. The van der Waals surface area contributed by atoms with Crippen LogP contribution < -0.4 is 5.32 Å². The van der Waals surface area contributed by atoms with Crippen molar-refractivity contribution in [2.75, 3.05) is 5.32 Å². The molecule has 5 nitrogen and oxygen atoms in total. The molecule has 3 fully saturated rings. The second-order valence-corrected chi connectivity index (χ2v) is 6.41. The normalized spacial score (nSPS) is 36.7. The highest BCUT2D eigenvalue weighted by atomic mass is 16.5. The van der Waals surface area contributed by atoms with E-state index in [1.807, 2.05) is 6.07 Å². The minimum Gasteiger partial charge on any atom is -0.393 e. The van der Waals surface area contributed by atoms with Crippen LogP contribution in [0.15, 0.2) is 10.6 Å². The number of aromatic nitrogens is 1. The molecular weight excluding hydrogens is 244 g/mol. The van der Waals surface area contributed by atoms with Crippen LogP contribution in [0, 0.1) is 11.3 Å². The molecule has 0 bridgehead atoms. The molecule has 1 aromatic rings. The monoisotopic (exact) mass is 262 g/mol. The Morgan fingerprint density at radius 1 is 1.42 bits per heavy atom. The molecule has 1 aromatic heterocycles. The van der Waals surface area contributed by atoms with Crippen molar-refractivity contribution in [1.29, 1.82) is 0 Å². The van der Waals surface area contributed by atoms with Gasteiger partial charge in [0.15, 0.2) is 5.82 Å². The molecule has 5 heteroatoms. The Kier molecular flexibility index (Phi) is 2.31. The van der Waals surface area contributed by atoms with Gasteiger partial charge in [0.1, 0.15) is 5.76 Å². The number of nitrogens with zero attached hydrogens (tertiary/aromatic N) is 1. The lowest BCUT2D eigenvalue weighted by atomic mass is 9.77. The lowest BCUT2D eigenvalue weighted by molar-refractivity contribution is -0.119. The molecule has 0 radical (unpaired) electrons. The van der Waals surface area contributed by atoms with Gasteiger partial charge in [-0.2, -0.15) is 0 Å². The summed E-state index contributed by atoms with van der Waals surface area (Å²) >= 11 is 0. The number of anilines is 1. The molecule has 102 valence electrons. The molecule has 1 spiro atoms. The van der Waals surface area contributed by atoms with E-state index in [1.54, 1.807) is 0 Å². The number of rotatable bonds is 3. The highest BCUT2D eigenvalue weighted by Crippen LogP contribution is 2.65. The third-order valence-electron chi connectivity index (χ3n) is 5.08. The second-order valence-electron chi connectivity index (χ2n) is 6.41. The molecule has 4 rings (SSSR count). The first kappa shape index (κ1) is 11.5. The number of aliphatic hydroxyl groups excluding tert-OH is 1. The first-order chi connectivity index (χ1) is 9.16. The minimum absolute atomic E-state index is 0.0281. The van der Waals surface area contributed by atoms with Crippen molar-refractivity contribution in [1.82, 2.24) is 5.16 Å². The molecule has 1 heterocycles. The van der Waals surface area contributed by atoms with Crippen molar-refractivity contribution in [3.05, 3.63) is 11.8 Å².